The molecule has 0 aliphatic rings. The van der Waals surface area contributed by atoms with E-state index in [0.29, 0.717) is 0 Å². The predicted molar refractivity (Wildman–Crippen MR) is 38.7 cm³/mol. The van der Waals surface area contributed by atoms with Crippen molar-refractivity contribution in [3.05, 3.63) is 5.53 Å². The van der Waals surface area contributed by atoms with Crippen LogP contribution in [-0.2, 0) is 9.53 Å². The third-order valence-corrected chi connectivity index (χ3v) is 0.901. The van der Waals surface area contributed by atoms with Crippen molar-refractivity contribution in [1.29, 1.82) is 0 Å². The first kappa shape index (κ1) is 9.41. The number of hydrogen-bond donors (Lipinski definition) is 0. The molecule has 0 unspecified atom stereocenters. The molecular weight excluding hydrogens is 144 g/mol. The molecule has 0 spiro atoms. The molecule has 0 bridgehead atoms. The summed E-state index contributed by atoms with van der Waals surface area (Å²) in [5.74, 6) is 1.49. The molecule has 0 aromatic carbocycles. The van der Waals surface area contributed by atoms with Crippen molar-refractivity contribution in [1.82, 2.24) is 0 Å². The Bertz CT molecular complexity index is 233. The van der Waals surface area contributed by atoms with E-state index in [-0.39, 0.29) is 18.7 Å². The largest absolute Gasteiger partial charge is 0.457 e. The van der Waals surface area contributed by atoms with Gasteiger partial charge in [-0.15, -0.1) is 6.42 Å². The van der Waals surface area contributed by atoms with Gasteiger partial charge in [-0.1, -0.05) is 5.92 Å². The van der Waals surface area contributed by atoms with E-state index in [1.165, 1.54) is 0 Å². The first-order valence-electron chi connectivity index (χ1n) is 3.07. The van der Waals surface area contributed by atoms with Gasteiger partial charge in [-0.25, -0.2) is 4.79 Å². The van der Waals surface area contributed by atoms with E-state index in [4.69, 9.17) is 12.0 Å². The lowest BCUT2D eigenvalue weighted by Crippen LogP contribution is -2.17. The van der Waals surface area contributed by atoms with Gasteiger partial charge in [-0.2, -0.15) is 4.79 Å². The van der Waals surface area contributed by atoms with Gasteiger partial charge in [0.2, 0.25) is 0 Å². The highest BCUT2D eigenvalue weighted by atomic mass is 16.5. The van der Waals surface area contributed by atoms with Crippen molar-refractivity contribution in [2.75, 3.05) is 6.61 Å². The highest BCUT2D eigenvalue weighted by molar-refractivity contribution is 6.34. The van der Waals surface area contributed by atoms with E-state index >= 15 is 0 Å². The zero-order chi connectivity index (χ0) is 8.69. The van der Waals surface area contributed by atoms with E-state index in [9.17, 15) is 4.79 Å². The van der Waals surface area contributed by atoms with Crippen molar-refractivity contribution in [3.8, 4) is 12.3 Å². The average Bonchev–Trinajstić information content (AvgIpc) is 2.00. The molecule has 0 saturated carbocycles. The molecular formula is C7H8N2O2. The van der Waals surface area contributed by atoms with Crippen LogP contribution in [-0.4, -0.2) is 23.1 Å². The minimum Gasteiger partial charge on any atom is -0.457 e. The highest BCUT2D eigenvalue weighted by Crippen LogP contribution is 1.85. The molecule has 11 heavy (non-hydrogen) atoms. The molecule has 58 valence electrons. The van der Waals surface area contributed by atoms with Gasteiger partial charge in [0.05, 0.1) is 6.61 Å². The van der Waals surface area contributed by atoms with Crippen molar-refractivity contribution in [2.45, 2.75) is 13.3 Å². The Labute approximate surface area is 64.8 Å². The maximum absolute atomic E-state index is 10.8. The first-order chi connectivity index (χ1) is 5.26. The van der Waals surface area contributed by atoms with Crippen LogP contribution in [0.2, 0.25) is 0 Å². The fourth-order valence-corrected chi connectivity index (χ4v) is 0.459. The third-order valence-electron chi connectivity index (χ3n) is 0.901. The fourth-order valence-electron chi connectivity index (χ4n) is 0.459. The average molecular weight is 152 g/mol. The van der Waals surface area contributed by atoms with E-state index < -0.39 is 5.97 Å². The Hall–Kier alpha value is -1.59. The molecule has 0 aromatic heterocycles. The normalized spacial score (nSPS) is 7.64. The Morgan fingerprint density at radius 2 is 2.45 bits per heavy atom. The number of hydrogen-bond acceptors (Lipinski definition) is 2. The lowest BCUT2D eigenvalue weighted by molar-refractivity contribution is -0.140. The maximum atomic E-state index is 10.8. The second kappa shape index (κ2) is 5.21. The van der Waals surface area contributed by atoms with Crippen LogP contribution in [0.4, 0.5) is 0 Å². The first-order valence-corrected chi connectivity index (χ1v) is 3.07. The SMILES string of the molecule is C#CCC(=[N+]=[N-])C(=O)OCC. The van der Waals surface area contributed by atoms with Gasteiger partial charge in [0.1, 0.15) is 6.42 Å². The monoisotopic (exact) mass is 152 g/mol. The lowest BCUT2D eigenvalue weighted by Gasteiger charge is -1.92. The van der Waals surface area contributed by atoms with Crippen molar-refractivity contribution in [3.63, 3.8) is 0 Å². The molecule has 0 aromatic rings. The molecule has 0 radical (unpaired) electrons. The smallest absolute Gasteiger partial charge is 0.417 e. The quantitative estimate of drug-likeness (QED) is 0.191. The van der Waals surface area contributed by atoms with Gasteiger partial charge >= 0.3 is 11.7 Å². The van der Waals surface area contributed by atoms with Crippen LogP contribution in [0.3, 0.4) is 0 Å². The van der Waals surface area contributed by atoms with E-state index in [1.54, 1.807) is 6.92 Å². The van der Waals surface area contributed by atoms with Crippen LogP contribution in [0.25, 0.3) is 5.53 Å². The molecule has 0 amide bonds. The summed E-state index contributed by atoms with van der Waals surface area (Å²) >= 11 is 0. The lowest BCUT2D eigenvalue weighted by atomic mass is 10.3. The Morgan fingerprint density at radius 3 is 2.82 bits per heavy atom. The van der Waals surface area contributed by atoms with Gasteiger partial charge in [-0.3, -0.25) is 0 Å². The van der Waals surface area contributed by atoms with Crippen LogP contribution in [0.5, 0.6) is 0 Å². The Morgan fingerprint density at radius 1 is 1.82 bits per heavy atom. The highest BCUT2D eigenvalue weighted by Gasteiger charge is 2.19. The van der Waals surface area contributed by atoms with Gasteiger partial charge in [0, 0.05) is 0 Å². The third kappa shape index (κ3) is 3.19. The van der Waals surface area contributed by atoms with Crippen LogP contribution in [0, 0.1) is 12.3 Å². The number of rotatable bonds is 3. The number of carbonyl (C=O) groups is 1. The summed E-state index contributed by atoms with van der Waals surface area (Å²) in [6.07, 6.45) is 4.87. The summed E-state index contributed by atoms with van der Waals surface area (Å²) in [6, 6.07) is 0. The van der Waals surface area contributed by atoms with Crippen LogP contribution in [0.1, 0.15) is 13.3 Å². The molecule has 0 aliphatic heterocycles. The van der Waals surface area contributed by atoms with E-state index in [2.05, 4.69) is 15.4 Å². The topological polar surface area (TPSA) is 62.7 Å². The summed E-state index contributed by atoms with van der Waals surface area (Å²) in [4.78, 5) is 13.5. The van der Waals surface area contributed by atoms with Crippen molar-refractivity contribution >= 4 is 11.7 Å². The van der Waals surface area contributed by atoms with Gasteiger partial charge in [0.25, 0.3) is 0 Å². The van der Waals surface area contributed by atoms with Gasteiger partial charge < -0.3 is 10.3 Å². The fraction of sp³-hybridized carbons (Fsp3) is 0.429. The number of terminal acetylenes is 1. The Balaban J connectivity index is 4.19. The molecule has 0 atom stereocenters. The molecule has 4 nitrogen and oxygen atoms in total. The molecule has 0 aliphatic carbocycles. The van der Waals surface area contributed by atoms with Gasteiger partial charge in [-0.05, 0) is 6.92 Å². The van der Waals surface area contributed by atoms with Gasteiger partial charge in [0.15, 0.2) is 0 Å². The minimum absolute atomic E-state index is 0.0185. The molecule has 0 N–H and O–H groups in total. The Kier molecular flexibility index (Phi) is 4.46. The summed E-state index contributed by atoms with van der Waals surface area (Å²) in [5.41, 5.74) is 8.10. The zero-order valence-electron chi connectivity index (χ0n) is 6.20. The van der Waals surface area contributed by atoms with Crippen molar-refractivity contribution < 1.29 is 14.3 Å². The van der Waals surface area contributed by atoms with E-state index in [0.717, 1.165) is 0 Å². The van der Waals surface area contributed by atoms with Crippen LogP contribution >= 0.6 is 0 Å². The summed E-state index contributed by atoms with van der Waals surface area (Å²) in [7, 11) is 0. The molecule has 4 heteroatoms. The predicted octanol–water partition coefficient (Wildman–Crippen LogP) is 0.244. The second-order valence-corrected chi connectivity index (χ2v) is 1.65. The second-order valence-electron chi connectivity index (χ2n) is 1.65. The number of esters is 1. The molecule has 0 saturated heterocycles. The van der Waals surface area contributed by atoms with Crippen LogP contribution in [0.15, 0.2) is 0 Å². The van der Waals surface area contributed by atoms with Crippen molar-refractivity contribution in [2.24, 2.45) is 0 Å². The minimum atomic E-state index is -0.673. The maximum Gasteiger partial charge on any atom is 0.417 e. The number of carbonyl (C=O) groups excluding carboxylic acids is 1. The summed E-state index contributed by atoms with van der Waals surface area (Å²) in [5, 5.41) is 0. The number of nitrogens with zero attached hydrogens (tertiary/aromatic N) is 2. The summed E-state index contributed by atoms with van der Waals surface area (Å²) in [6.45, 7) is 1.89. The molecule has 0 fully saturated rings. The van der Waals surface area contributed by atoms with E-state index in [1.807, 2.05) is 0 Å². The zero-order valence-corrected chi connectivity index (χ0v) is 6.20. The number of ether oxygens (including phenoxy) is 1. The standard InChI is InChI=1S/C7H8N2O2/c1-3-5-6(9-8)7(10)11-4-2/h1H,4-5H2,2H3. The van der Waals surface area contributed by atoms with Crippen LogP contribution < -0.4 is 0 Å². The molecule has 0 heterocycles. The summed E-state index contributed by atoms with van der Waals surface area (Å²) < 4.78 is 4.52. The molecule has 0 rings (SSSR count).